The van der Waals surface area contributed by atoms with Crippen LogP contribution in [0.25, 0.3) is 0 Å². The Morgan fingerprint density at radius 1 is 1.23 bits per heavy atom. The molecule has 31 heavy (non-hydrogen) atoms. The van der Waals surface area contributed by atoms with Crippen molar-refractivity contribution in [1.82, 2.24) is 15.5 Å². The van der Waals surface area contributed by atoms with E-state index in [1.807, 2.05) is 43.3 Å². The van der Waals surface area contributed by atoms with E-state index in [9.17, 15) is 9.59 Å². The number of piperidine rings is 2. The first kappa shape index (κ1) is 20.3. The predicted octanol–water partition coefficient (Wildman–Crippen LogP) is 3.68. The maximum Gasteiger partial charge on any atom is 0.252 e. The normalized spacial score (nSPS) is 25.8. The first-order valence-electron chi connectivity index (χ1n) is 11.6. The Bertz CT molecular complexity index is 1000. The van der Waals surface area contributed by atoms with E-state index in [-0.39, 0.29) is 35.9 Å². The van der Waals surface area contributed by atoms with Gasteiger partial charge in [0.25, 0.3) is 5.91 Å². The van der Waals surface area contributed by atoms with Crippen LogP contribution < -0.4 is 10.6 Å². The Hall–Kier alpha value is -2.66. The predicted molar refractivity (Wildman–Crippen MR) is 121 cm³/mol. The van der Waals surface area contributed by atoms with Crippen molar-refractivity contribution in [2.24, 2.45) is 5.92 Å². The molecular weight excluding hydrogens is 386 g/mol. The maximum atomic E-state index is 13.5. The Balaban J connectivity index is 1.49. The summed E-state index contributed by atoms with van der Waals surface area (Å²) in [6.45, 7) is 5.80. The molecule has 5 nitrogen and oxygen atoms in total. The summed E-state index contributed by atoms with van der Waals surface area (Å²) in [6.07, 6.45) is 3.74. The summed E-state index contributed by atoms with van der Waals surface area (Å²) in [7, 11) is 0. The minimum Gasteiger partial charge on any atom is -0.346 e. The molecule has 0 spiro atoms. The molecule has 2 amide bonds. The number of carbonyl (C=O) groups excluding carboxylic acids is 2. The first-order valence-corrected chi connectivity index (χ1v) is 11.6. The van der Waals surface area contributed by atoms with Crippen LogP contribution in [0.5, 0.6) is 0 Å². The van der Waals surface area contributed by atoms with Crippen molar-refractivity contribution in [2.45, 2.75) is 57.7 Å². The Kier molecular flexibility index (Phi) is 5.30. The highest BCUT2D eigenvalue weighted by molar-refractivity contribution is 5.97. The molecule has 2 aromatic rings. The number of nitrogens with one attached hydrogen (secondary N) is 2. The average Bonchev–Trinajstić information content (AvgIpc) is 2.79. The highest BCUT2D eigenvalue weighted by Gasteiger charge is 2.46. The van der Waals surface area contributed by atoms with Crippen molar-refractivity contribution < 1.29 is 9.59 Å². The second-order valence-corrected chi connectivity index (χ2v) is 9.33. The number of nitrogens with zero attached hydrogens (tertiary/aromatic N) is 1. The maximum absolute atomic E-state index is 13.5. The van der Waals surface area contributed by atoms with Crippen molar-refractivity contribution in [3.63, 3.8) is 0 Å². The van der Waals surface area contributed by atoms with E-state index in [0.717, 1.165) is 61.0 Å². The van der Waals surface area contributed by atoms with Crippen LogP contribution >= 0.6 is 0 Å². The third-order valence-electron chi connectivity index (χ3n) is 7.29. The van der Waals surface area contributed by atoms with Gasteiger partial charge in [-0.3, -0.25) is 9.59 Å². The van der Waals surface area contributed by atoms with Crippen molar-refractivity contribution in [3.05, 3.63) is 70.3 Å². The van der Waals surface area contributed by atoms with Gasteiger partial charge in [-0.25, -0.2) is 0 Å². The van der Waals surface area contributed by atoms with E-state index in [4.69, 9.17) is 0 Å². The van der Waals surface area contributed by atoms with Gasteiger partial charge in [-0.2, -0.15) is 0 Å². The van der Waals surface area contributed by atoms with Crippen molar-refractivity contribution in [3.8, 4) is 0 Å². The van der Waals surface area contributed by atoms with Crippen LogP contribution in [0.4, 0.5) is 0 Å². The zero-order valence-corrected chi connectivity index (χ0v) is 18.4. The third-order valence-corrected chi connectivity index (χ3v) is 7.29. The molecule has 162 valence electrons. The smallest absolute Gasteiger partial charge is 0.252 e. The molecule has 0 aromatic heterocycles. The summed E-state index contributed by atoms with van der Waals surface area (Å²) in [5, 5.41) is 6.78. The lowest BCUT2D eigenvalue weighted by atomic mass is 9.75. The van der Waals surface area contributed by atoms with Crippen molar-refractivity contribution >= 4 is 11.8 Å². The Morgan fingerprint density at radius 2 is 2.03 bits per heavy atom. The number of fused-ring (bicyclic) bond motifs is 4. The van der Waals surface area contributed by atoms with E-state index in [1.54, 1.807) is 0 Å². The fraction of sp³-hybridized carbons (Fsp3) is 0.462. The molecular formula is C26H31N3O2. The van der Waals surface area contributed by atoms with Gasteiger partial charge in [0.2, 0.25) is 5.91 Å². The minimum atomic E-state index is -0.0815. The molecule has 4 atom stereocenters. The SMILES string of the molecule is Cc1cc2c(c(C(=O)N[C@H](C)c3ccccc3)c1)[C@H]1C[C@@H]3NCCC[C@@H]3C(=O)N1CC2. The van der Waals surface area contributed by atoms with Crippen LogP contribution in [0.1, 0.15) is 70.9 Å². The number of rotatable bonds is 3. The molecule has 0 bridgehead atoms. The Morgan fingerprint density at radius 3 is 2.84 bits per heavy atom. The van der Waals surface area contributed by atoms with Crippen LogP contribution in [0, 0.1) is 12.8 Å². The molecule has 3 aliphatic heterocycles. The monoisotopic (exact) mass is 417 g/mol. The fourth-order valence-corrected chi connectivity index (χ4v) is 5.77. The molecule has 0 aliphatic carbocycles. The molecule has 2 fully saturated rings. The molecule has 2 N–H and O–H groups in total. The van der Waals surface area contributed by atoms with Crippen molar-refractivity contribution in [1.29, 1.82) is 0 Å². The van der Waals surface area contributed by atoms with E-state index in [0.29, 0.717) is 0 Å². The number of amides is 2. The van der Waals surface area contributed by atoms with E-state index in [1.165, 1.54) is 5.56 Å². The highest BCUT2D eigenvalue weighted by Crippen LogP contribution is 2.43. The van der Waals surface area contributed by atoms with Crippen molar-refractivity contribution in [2.75, 3.05) is 13.1 Å². The van der Waals surface area contributed by atoms with Crippen LogP contribution in [-0.4, -0.2) is 35.8 Å². The van der Waals surface area contributed by atoms with Gasteiger partial charge in [0.05, 0.1) is 18.0 Å². The average molecular weight is 418 g/mol. The lowest BCUT2D eigenvalue weighted by molar-refractivity contribution is -0.145. The number of hydrogen-bond acceptors (Lipinski definition) is 3. The number of hydrogen-bond donors (Lipinski definition) is 2. The molecule has 2 aromatic carbocycles. The lowest BCUT2D eigenvalue weighted by Crippen LogP contribution is -2.58. The van der Waals surface area contributed by atoms with Gasteiger partial charge in [0.1, 0.15) is 0 Å². The topological polar surface area (TPSA) is 61.4 Å². The van der Waals surface area contributed by atoms with Crippen LogP contribution in [0.2, 0.25) is 0 Å². The summed E-state index contributed by atoms with van der Waals surface area (Å²) in [4.78, 5) is 28.8. The third kappa shape index (κ3) is 3.65. The fourth-order valence-electron chi connectivity index (χ4n) is 5.77. The van der Waals surface area contributed by atoms with Gasteiger partial charge in [0, 0.05) is 18.2 Å². The molecule has 0 radical (unpaired) electrons. The Labute approximate surface area is 184 Å². The molecule has 0 saturated carbocycles. The second kappa shape index (κ2) is 8.12. The van der Waals surface area contributed by atoms with Crippen LogP contribution in [0.15, 0.2) is 42.5 Å². The van der Waals surface area contributed by atoms with Gasteiger partial charge < -0.3 is 15.5 Å². The van der Waals surface area contributed by atoms with Gasteiger partial charge in [0.15, 0.2) is 0 Å². The van der Waals surface area contributed by atoms with Crippen LogP contribution in [-0.2, 0) is 11.2 Å². The van der Waals surface area contributed by atoms with Gasteiger partial charge in [-0.15, -0.1) is 0 Å². The van der Waals surface area contributed by atoms with E-state index >= 15 is 0 Å². The molecule has 3 aliphatic rings. The largest absolute Gasteiger partial charge is 0.346 e. The minimum absolute atomic E-state index is 0.0171. The second-order valence-electron chi connectivity index (χ2n) is 9.33. The summed E-state index contributed by atoms with van der Waals surface area (Å²) >= 11 is 0. The zero-order chi connectivity index (χ0) is 21.5. The molecule has 3 heterocycles. The summed E-state index contributed by atoms with van der Waals surface area (Å²) in [5.41, 5.74) is 5.20. The summed E-state index contributed by atoms with van der Waals surface area (Å²) < 4.78 is 0. The number of benzene rings is 2. The highest BCUT2D eigenvalue weighted by atomic mass is 16.2. The van der Waals surface area contributed by atoms with Gasteiger partial charge in [-0.1, -0.05) is 42.0 Å². The van der Waals surface area contributed by atoms with Gasteiger partial charge >= 0.3 is 0 Å². The summed E-state index contributed by atoms with van der Waals surface area (Å²) in [5.74, 6) is 0.306. The first-order chi connectivity index (χ1) is 15.0. The van der Waals surface area contributed by atoms with Gasteiger partial charge in [-0.05, 0) is 68.8 Å². The molecule has 0 unspecified atom stereocenters. The molecule has 2 saturated heterocycles. The lowest BCUT2D eigenvalue weighted by Gasteiger charge is -2.49. The quantitative estimate of drug-likeness (QED) is 0.801. The number of carbonyl (C=O) groups is 2. The van der Waals surface area contributed by atoms with E-state index in [2.05, 4.69) is 28.5 Å². The number of aryl methyl sites for hydroxylation is 1. The summed E-state index contributed by atoms with van der Waals surface area (Å²) in [6, 6.07) is 14.4. The molecule has 5 heteroatoms. The standard InChI is InChI=1S/C26H31N3O2/c1-16-13-19-10-12-29-23(15-22-20(26(29)31)9-6-11-27-22)24(19)21(14-16)25(30)28-17(2)18-7-4-3-5-8-18/h3-5,7-8,13-14,17,20,22-23,27H,6,9-12,15H2,1-2H3,(H,28,30)/t17-,20+,22+,23-/m1/s1. The zero-order valence-electron chi connectivity index (χ0n) is 18.4. The molecule has 5 rings (SSSR count). The van der Waals surface area contributed by atoms with E-state index < -0.39 is 0 Å². The van der Waals surface area contributed by atoms with Crippen LogP contribution in [0.3, 0.4) is 0 Å².